The van der Waals surface area contributed by atoms with Gasteiger partial charge in [0, 0.05) is 31.2 Å². The lowest BCUT2D eigenvalue weighted by atomic mass is 10.2. The summed E-state index contributed by atoms with van der Waals surface area (Å²) in [7, 11) is -3.72. The smallest absolute Gasteiger partial charge is 0.245 e. The lowest BCUT2D eigenvalue weighted by Crippen LogP contribution is -2.52. The number of benzene rings is 1. The van der Waals surface area contributed by atoms with E-state index in [1.807, 2.05) is 6.07 Å². The van der Waals surface area contributed by atoms with Crippen LogP contribution < -0.4 is 5.32 Å². The zero-order valence-electron chi connectivity index (χ0n) is 11.2. The summed E-state index contributed by atoms with van der Waals surface area (Å²) in [5.41, 5.74) is 0.627. The van der Waals surface area contributed by atoms with E-state index in [0.717, 1.165) is 0 Å². The first-order chi connectivity index (χ1) is 10.1. The first-order valence-electron chi connectivity index (χ1n) is 6.60. The minimum absolute atomic E-state index is 0.204. The Labute approximate surface area is 123 Å². The molecule has 0 saturated carbocycles. The van der Waals surface area contributed by atoms with Crippen molar-refractivity contribution in [1.29, 1.82) is 5.26 Å². The summed E-state index contributed by atoms with van der Waals surface area (Å²) in [5, 5.41) is 12.8. The molecular weight excluding hydrogens is 288 g/mol. The molecule has 1 aliphatic rings. The molecule has 7 heteroatoms. The number of nitriles is 1. The topological polar surface area (TPSA) is 86.1 Å². The number of hydrogen-bond acceptors (Lipinski definition) is 5. The fraction of sp³-hybridized carbons (Fsp3) is 0.286. The Bertz CT molecular complexity index is 808. The van der Waals surface area contributed by atoms with Gasteiger partial charge in [0.15, 0.2) is 0 Å². The van der Waals surface area contributed by atoms with E-state index in [9.17, 15) is 13.7 Å². The summed E-state index contributed by atoms with van der Waals surface area (Å²) < 4.78 is 27.0. The molecule has 0 aliphatic carbocycles. The molecule has 0 amide bonds. The van der Waals surface area contributed by atoms with Gasteiger partial charge < -0.3 is 5.32 Å². The third-order valence-electron chi connectivity index (χ3n) is 3.54. The second-order valence-corrected chi connectivity index (χ2v) is 6.65. The molecule has 2 aromatic rings. The number of rotatable bonds is 2. The molecule has 6 nitrogen and oxygen atoms in total. The molecule has 0 radical (unpaired) electrons. The highest BCUT2D eigenvalue weighted by Gasteiger charge is 2.34. The molecular formula is C14H14N4O2S. The molecule has 1 N–H and O–H groups in total. The van der Waals surface area contributed by atoms with Gasteiger partial charge in [-0.15, -0.1) is 0 Å². The normalized spacial score (nSPS) is 20.2. The Balaban J connectivity index is 2.14. The molecule has 1 atom stereocenters. The summed E-state index contributed by atoms with van der Waals surface area (Å²) in [6.45, 7) is 1.18. The number of nitrogens with zero attached hydrogens (tertiary/aromatic N) is 3. The second-order valence-electron chi connectivity index (χ2n) is 4.79. The van der Waals surface area contributed by atoms with Gasteiger partial charge in [-0.05, 0) is 24.3 Å². The van der Waals surface area contributed by atoms with Gasteiger partial charge >= 0.3 is 0 Å². The zero-order chi connectivity index (χ0) is 14.9. The van der Waals surface area contributed by atoms with Crippen molar-refractivity contribution in [1.82, 2.24) is 14.6 Å². The number of aromatic nitrogens is 1. The molecule has 1 saturated heterocycles. The molecule has 1 aromatic carbocycles. The number of pyridine rings is 1. The van der Waals surface area contributed by atoms with E-state index in [-0.39, 0.29) is 11.4 Å². The molecule has 1 aromatic heterocycles. The minimum Gasteiger partial charge on any atom is -0.313 e. The van der Waals surface area contributed by atoms with E-state index in [1.165, 1.54) is 4.31 Å². The van der Waals surface area contributed by atoms with Crippen molar-refractivity contribution < 1.29 is 8.42 Å². The quantitative estimate of drug-likeness (QED) is 0.883. The van der Waals surface area contributed by atoms with Crippen molar-refractivity contribution >= 4 is 20.9 Å². The first kappa shape index (κ1) is 13.9. The lowest BCUT2D eigenvalue weighted by molar-refractivity contribution is 0.312. The van der Waals surface area contributed by atoms with Gasteiger partial charge in [0.05, 0.1) is 16.5 Å². The van der Waals surface area contributed by atoms with Gasteiger partial charge in [-0.3, -0.25) is 4.98 Å². The number of nitrogens with one attached hydrogen (secondary N) is 1. The van der Waals surface area contributed by atoms with E-state index in [0.29, 0.717) is 24.0 Å². The Morgan fingerprint density at radius 1 is 1.33 bits per heavy atom. The van der Waals surface area contributed by atoms with Crippen LogP contribution in [0.3, 0.4) is 0 Å². The lowest BCUT2D eigenvalue weighted by Gasteiger charge is -2.31. The Kier molecular flexibility index (Phi) is 3.59. The highest BCUT2D eigenvalue weighted by atomic mass is 32.2. The predicted octanol–water partition coefficient (Wildman–Crippen LogP) is 0.721. The standard InChI is InChI=1S/C14H14N4O2S/c15-9-11-10-16-7-8-18(11)21(19,20)14-5-1-4-13-12(14)3-2-6-17-13/h1-6,11,16H,7-8,10H2. The first-order valence-corrected chi connectivity index (χ1v) is 8.04. The summed E-state index contributed by atoms with van der Waals surface area (Å²) in [6, 6.07) is 9.82. The van der Waals surface area contributed by atoms with Crippen molar-refractivity contribution in [2.45, 2.75) is 10.9 Å². The van der Waals surface area contributed by atoms with Gasteiger partial charge in [-0.25, -0.2) is 8.42 Å². The fourth-order valence-electron chi connectivity index (χ4n) is 2.51. The molecule has 2 heterocycles. The highest BCUT2D eigenvalue weighted by molar-refractivity contribution is 7.89. The van der Waals surface area contributed by atoms with Gasteiger partial charge in [0.1, 0.15) is 6.04 Å². The van der Waals surface area contributed by atoms with Crippen molar-refractivity contribution in [3.63, 3.8) is 0 Å². The van der Waals surface area contributed by atoms with Gasteiger partial charge in [0.2, 0.25) is 10.0 Å². The third-order valence-corrected chi connectivity index (χ3v) is 5.50. The number of sulfonamides is 1. The van der Waals surface area contributed by atoms with Crippen LogP contribution in [0.1, 0.15) is 0 Å². The Hall–Kier alpha value is -2.01. The van der Waals surface area contributed by atoms with Crippen LogP contribution >= 0.6 is 0 Å². The molecule has 0 spiro atoms. The molecule has 1 unspecified atom stereocenters. The van der Waals surface area contributed by atoms with Crippen LogP contribution in [-0.2, 0) is 10.0 Å². The molecule has 1 fully saturated rings. The second kappa shape index (κ2) is 5.41. The average Bonchev–Trinajstić information content (AvgIpc) is 2.54. The van der Waals surface area contributed by atoms with E-state index < -0.39 is 16.1 Å². The number of piperazine rings is 1. The van der Waals surface area contributed by atoms with Gasteiger partial charge in [-0.1, -0.05) is 6.07 Å². The van der Waals surface area contributed by atoms with Crippen molar-refractivity contribution in [2.24, 2.45) is 0 Å². The zero-order valence-corrected chi connectivity index (χ0v) is 12.0. The Morgan fingerprint density at radius 3 is 3.00 bits per heavy atom. The van der Waals surface area contributed by atoms with Crippen LogP contribution in [-0.4, -0.2) is 43.4 Å². The number of hydrogen-bond donors (Lipinski definition) is 1. The fourth-order valence-corrected chi connectivity index (χ4v) is 4.25. The van der Waals surface area contributed by atoms with Gasteiger partial charge in [-0.2, -0.15) is 9.57 Å². The van der Waals surface area contributed by atoms with Crippen molar-refractivity contribution in [3.8, 4) is 6.07 Å². The van der Waals surface area contributed by atoms with Crippen molar-refractivity contribution in [2.75, 3.05) is 19.6 Å². The maximum atomic E-state index is 12.9. The van der Waals surface area contributed by atoms with Crippen LogP contribution in [0.25, 0.3) is 10.9 Å². The average molecular weight is 302 g/mol. The van der Waals surface area contributed by atoms with Crippen molar-refractivity contribution in [3.05, 3.63) is 36.5 Å². The summed E-state index contributed by atoms with van der Waals surface area (Å²) in [4.78, 5) is 4.38. The van der Waals surface area contributed by atoms with Crippen LogP contribution in [0.5, 0.6) is 0 Å². The summed E-state index contributed by atoms with van der Waals surface area (Å²) >= 11 is 0. The summed E-state index contributed by atoms with van der Waals surface area (Å²) in [6.07, 6.45) is 1.63. The van der Waals surface area contributed by atoms with Gasteiger partial charge in [0.25, 0.3) is 0 Å². The predicted molar refractivity (Wildman–Crippen MR) is 77.9 cm³/mol. The van der Waals surface area contributed by atoms with Crippen LogP contribution in [0, 0.1) is 11.3 Å². The van der Waals surface area contributed by atoms with Crippen LogP contribution in [0.2, 0.25) is 0 Å². The molecule has 3 rings (SSSR count). The van der Waals surface area contributed by atoms with E-state index >= 15 is 0 Å². The summed E-state index contributed by atoms with van der Waals surface area (Å²) in [5.74, 6) is 0. The monoisotopic (exact) mass is 302 g/mol. The third kappa shape index (κ3) is 2.38. The molecule has 0 bridgehead atoms. The maximum Gasteiger partial charge on any atom is 0.245 e. The largest absolute Gasteiger partial charge is 0.313 e. The van der Waals surface area contributed by atoms with Crippen LogP contribution in [0.15, 0.2) is 41.4 Å². The Morgan fingerprint density at radius 2 is 2.19 bits per heavy atom. The minimum atomic E-state index is -3.72. The molecule has 21 heavy (non-hydrogen) atoms. The maximum absolute atomic E-state index is 12.9. The van der Waals surface area contributed by atoms with E-state index in [2.05, 4.69) is 10.3 Å². The van der Waals surface area contributed by atoms with E-state index in [1.54, 1.807) is 36.5 Å². The number of fused-ring (bicyclic) bond motifs is 1. The molecule has 1 aliphatic heterocycles. The molecule has 108 valence electrons. The van der Waals surface area contributed by atoms with Crippen LogP contribution in [0.4, 0.5) is 0 Å². The highest BCUT2D eigenvalue weighted by Crippen LogP contribution is 2.26. The van der Waals surface area contributed by atoms with E-state index in [4.69, 9.17) is 0 Å². The SMILES string of the molecule is N#CC1CNCCN1S(=O)(=O)c1cccc2ncccc12.